The van der Waals surface area contributed by atoms with Gasteiger partial charge in [0, 0.05) is 29.2 Å². The van der Waals surface area contributed by atoms with Crippen molar-refractivity contribution in [3.05, 3.63) is 75.8 Å². The lowest BCUT2D eigenvalue weighted by atomic mass is 9.95. The molecule has 1 saturated heterocycles. The van der Waals surface area contributed by atoms with Gasteiger partial charge in [-0.05, 0) is 37.5 Å². The lowest BCUT2D eigenvalue weighted by molar-refractivity contribution is -0.137. The first-order chi connectivity index (χ1) is 16.3. The number of aliphatic imine (C=N–C) groups is 1. The van der Waals surface area contributed by atoms with Crippen LogP contribution in [0.5, 0.6) is 0 Å². The number of halogens is 4. The Kier molecular flexibility index (Phi) is 5.89. The van der Waals surface area contributed by atoms with Crippen molar-refractivity contribution >= 4 is 23.2 Å². The molecule has 0 radical (unpaired) electrons. The first-order valence-electron chi connectivity index (χ1n) is 11.1. The van der Waals surface area contributed by atoms with Gasteiger partial charge < -0.3 is 4.90 Å². The molecule has 0 saturated carbocycles. The van der Waals surface area contributed by atoms with Crippen LogP contribution < -0.4 is 0 Å². The third-order valence-electron chi connectivity index (χ3n) is 6.15. The Morgan fingerprint density at radius 3 is 2.50 bits per heavy atom. The molecule has 2 aromatic carbocycles. The second-order valence-corrected chi connectivity index (χ2v) is 8.74. The average molecular weight is 488 g/mol. The maximum absolute atomic E-state index is 14.2. The number of alkyl halides is 3. The van der Waals surface area contributed by atoms with Crippen LogP contribution in [-0.2, 0) is 23.9 Å². The fourth-order valence-electron chi connectivity index (χ4n) is 4.55. The molecule has 1 amide bonds. The molecule has 10 heteroatoms. The highest BCUT2D eigenvalue weighted by atomic mass is 35.5. The van der Waals surface area contributed by atoms with Gasteiger partial charge in [-0.1, -0.05) is 35.9 Å². The Balaban J connectivity index is 1.66. The minimum atomic E-state index is -4.63. The van der Waals surface area contributed by atoms with E-state index >= 15 is 0 Å². The van der Waals surface area contributed by atoms with E-state index in [9.17, 15) is 18.0 Å². The summed E-state index contributed by atoms with van der Waals surface area (Å²) < 4.78 is 44.0. The normalized spacial score (nSPS) is 15.9. The zero-order valence-corrected chi connectivity index (χ0v) is 18.9. The van der Waals surface area contributed by atoms with E-state index in [1.54, 1.807) is 39.8 Å². The van der Waals surface area contributed by atoms with Crippen LogP contribution in [0.2, 0.25) is 5.02 Å². The van der Waals surface area contributed by atoms with Gasteiger partial charge in [-0.3, -0.25) is 14.4 Å². The fourth-order valence-corrected chi connectivity index (χ4v) is 4.78. The van der Waals surface area contributed by atoms with Gasteiger partial charge in [0.15, 0.2) is 5.82 Å². The Hall–Kier alpha value is -3.20. The Bertz CT molecular complexity index is 1280. The molecule has 176 valence electrons. The summed E-state index contributed by atoms with van der Waals surface area (Å²) in [6.45, 7) is 1.35. The van der Waals surface area contributed by atoms with Gasteiger partial charge in [0.1, 0.15) is 12.4 Å². The molecule has 34 heavy (non-hydrogen) atoms. The number of hydrogen-bond acceptors (Lipinski definition) is 4. The van der Waals surface area contributed by atoms with Crippen LogP contribution in [0.1, 0.15) is 47.6 Å². The number of likely N-dealkylation sites (tertiary alicyclic amines) is 1. The third kappa shape index (κ3) is 4.09. The lowest BCUT2D eigenvalue weighted by Crippen LogP contribution is -2.37. The monoisotopic (exact) mass is 487 g/mol. The maximum Gasteiger partial charge on any atom is 0.417 e. The summed E-state index contributed by atoms with van der Waals surface area (Å²) in [6.07, 6.45) is -1.72. The smallest absolute Gasteiger partial charge is 0.342 e. The highest BCUT2D eigenvalue weighted by molar-refractivity contribution is 6.35. The molecule has 0 aliphatic carbocycles. The molecule has 1 fully saturated rings. The summed E-state index contributed by atoms with van der Waals surface area (Å²) in [5.41, 5.74) is -0.182. The number of benzene rings is 2. The summed E-state index contributed by atoms with van der Waals surface area (Å²) in [4.78, 5) is 19.2. The number of carbonyl (C=O) groups is 1. The number of fused-ring (bicyclic) bond motifs is 3. The van der Waals surface area contributed by atoms with Crippen LogP contribution in [0.15, 0.2) is 47.5 Å². The summed E-state index contributed by atoms with van der Waals surface area (Å²) in [6, 6.07) is 10.6. The minimum Gasteiger partial charge on any atom is -0.342 e. The summed E-state index contributed by atoms with van der Waals surface area (Å²) in [5, 5.41) is 8.64. The van der Waals surface area contributed by atoms with E-state index in [2.05, 4.69) is 15.2 Å². The molecule has 0 bridgehead atoms. The number of piperidine rings is 1. The van der Waals surface area contributed by atoms with Crippen molar-refractivity contribution in [3.8, 4) is 5.69 Å². The molecule has 2 aliphatic rings. The number of aromatic nitrogens is 3. The summed E-state index contributed by atoms with van der Waals surface area (Å²) in [5.74, 6) is 0.547. The number of carbonyl (C=O) groups excluding carboxylic acids is 1. The Morgan fingerprint density at radius 1 is 1.00 bits per heavy atom. The van der Waals surface area contributed by atoms with E-state index in [-0.39, 0.29) is 35.8 Å². The van der Waals surface area contributed by atoms with Crippen LogP contribution >= 0.6 is 11.6 Å². The molecule has 5 rings (SSSR count). The maximum atomic E-state index is 14.2. The molecular formula is C24H21ClF3N5O. The second kappa shape index (κ2) is 8.87. The van der Waals surface area contributed by atoms with Gasteiger partial charge in [0.05, 0.1) is 23.4 Å². The van der Waals surface area contributed by atoms with Crippen molar-refractivity contribution in [2.24, 2.45) is 4.99 Å². The van der Waals surface area contributed by atoms with E-state index in [1.165, 1.54) is 6.07 Å². The molecule has 0 spiro atoms. The molecule has 0 atom stereocenters. The van der Waals surface area contributed by atoms with Crippen molar-refractivity contribution in [2.45, 2.75) is 38.4 Å². The first kappa shape index (κ1) is 22.6. The first-order valence-corrected chi connectivity index (χ1v) is 11.4. The predicted octanol–water partition coefficient (Wildman–Crippen LogP) is 4.85. The minimum absolute atomic E-state index is 0.00254. The average Bonchev–Trinajstić information content (AvgIpc) is 3.14. The van der Waals surface area contributed by atoms with Gasteiger partial charge >= 0.3 is 6.18 Å². The van der Waals surface area contributed by atoms with Gasteiger partial charge in [-0.15, -0.1) is 10.2 Å². The molecule has 0 N–H and O–H groups in total. The van der Waals surface area contributed by atoms with Crippen LogP contribution in [0.4, 0.5) is 13.2 Å². The molecule has 3 heterocycles. The highest BCUT2D eigenvalue weighted by Crippen LogP contribution is 2.38. The van der Waals surface area contributed by atoms with Crippen molar-refractivity contribution in [2.75, 3.05) is 13.1 Å². The lowest BCUT2D eigenvalue weighted by Gasteiger charge is -2.26. The van der Waals surface area contributed by atoms with Gasteiger partial charge in [0.2, 0.25) is 5.91 Å². The largest absolute Gasteiger partial charge is 0.417 e. The number of hydrogen-bond donors (Lipinski definition) is 0. The van der Waals surface area contributed by atoms with E-state index in [0.717, 1.165) is 25.3 Å². The van der Waals surface area contributed by atoms with Crippen LogP contribution in [0, 0.1) is 0 Å². The fraction of sp³-hybridized carbons (Fsp3) is 0.333. The SMILES string of the molecule is O=C(Cc1nnc2n1-c1cccc(C(F)(F)F)c1C(c1ccccc1Cl)=NC2)N1CCCCC1. The summed E-state index contributed by atoms with van der Waals surface area (Å²) in [7, 11) is 0. The third-order valence-corrected chi connectivity index (χ3v) is 6.48. The Morgan fingerprint density at radius 2 is 1.76 bits per heavy atom. The van der Waals surface area contributed by atoms with Crippen molar-refractivity contribution < 1.29 is 18.0 Å². The standard InChI is InChI=1S/C24H21ClF3N5O/c25-17-9-3-2-7-15(17)23-22-16(24(26,27)28)8-6-10-18(22)33-19(30-31-20(33)14-29-23)13-21(34)32-11-4-1-5-12-32/h2-3,6-10H,1,4-5,11-14H2. The highest BCUT2D eigenvalue weighted by Gasteiger charge is 2.38. The zero-order chi connectivity index (χ0) is 23.9. The van der Waals surface area contributed by atoms with E-state index in [4.69, 9.17) is 11.6 Å². The topological polar surface area (TPSA) is 63.4 Å². The zero-order valence-electron chi connectivity index (χ0n) is 18.1. The van der Waals surface area contributed by atoms with Crippen LogP contribution in [-0.4, -0.2) is 44.4 Å². The predicted molar refractivity (Wildman–Crippen MR) is 121 cm³/mol. The van der Waals surface area contributed by atoms with Crippen LogP contribution in [0.3, 0.4) is 0 Å². The number of amides is 1. The van der Waals surface area contributed by atoms with Gasteiger partial charge in [0.25, 0.3) is 0 Å². The van der Waals surface area contributed by atoms with Crippen molar-refractivity contribution in [1.29, 1.82) is 0 Å². The molecule has 3 aromatic rings. The molecule has 1 aromatic heterocycles. The molecule has 0 unspecified atom stereocenters. The van der Waals surface area contributed by atoms with Crippen LogP contribution in [0.25, 0.3) is 5.69 Å². The van der Waals surface area contributed by atoms with Gasteiger partial charge in [-0.2, -0.15) is 13.2 Å². The molecule has 2 aliphatic heterocycles. The Labute approximate surface area is 199 Å². The summed E-state index contributed by atoms with van der Waals surface area (Å²) >= 11 is 6.37. The van der Waals surface area contributed by atoms with E-state index in [0.29, 0.717) is 35.3 Å². The quantitative estimate of drug-likeness (QED) is 0.531. The molecule has 6 nitrogen and oxygen atoms in total. The molecular weight excluding hydrogens is 467 g/mol. The van der Waals surface area contributed by atoms with Crippen molar-refractivity contribution in [3.63, 3.8) is 0 Å². The van der Waals surface area contributed by atoms with E-state index in [1.807, 2.05) is 0 Å². The number of rotatable bonds is 3. The second-order valence-electron chi connectivity index (χ2n) is 8.33. The van der Waals surface area contributed by atoms with Gasteiger partial charge in [-0.25, -0.2) is 0 Å². The van der Waals surface area contributed by atoms with Crippen molar-refractivity contribution in [1.82, 2.24) is 19.7 Å². The van der Waals surface area contributed by atoms with E-state index < -0.39 is 11.7 Å². The number of nitrogens with zero attached hydrogens (tertiary/aromatic N) is 5.